The summed E-state index contributed by atoms with van der Waals surface area (Å²) in [4.78, 5) is 18.5. The molecule has 2 saturated heterocycles. The van der Waals surface area contributed by atoms with Gasteiger partial charge in [-0.15, -0.1) is 0 Å². The highest BCUT2D eigenvalue weighted by atomic mass is 16.5. The fraction of sp³-hybridized carbons (Fsp3) is 0.467. The number of anilines is 3. The van der Waals surface area contributed by atoms with Crippen LogP contribution in [0, 0.1) is 6.92 Å². The monoisotopic (exact) mass is 529 g/mol. The van der Waals surface area contributed by atoms with Gasteiger partial charge in [-0.1, -0.05) is 38.1 Å². The van der Waals surface area contributed by atoms with Crippen LogP contribution in [0.2, 0.25) is 0 Å². The second kappa shape index (κ2) is 12.8. The molecule has 0 amide bonds. The number of hydrogen-bond donors (Lipinski definition) is 1. The Hall–Kier alpha value is -3.88. The van der Waals surface area contributed by atoms with Crippen molar-refractivity contribution in [3.63, 3.8) is 0 Å². The molecular weight excluding hydrogens is 490 g/mol. The summed E-state index contributed by atoms with van der Waals surface area (Å²) in [5.41, 5.74) is 6.34. The average Bonchev–Trinajstić information content (AvgIpc) is 3.67. The lowest BCUT2D eigenvalue weighted by atomic mass is 10.0. The third-order valence-electron chi connectivity index (χ3n) is 7.03. The van der Waals surface area contributed by atoms with Gasteiger partial charge < -0.3 is 19.3 Å². The van der Waals surface area contributed by atoms with Crippen molar-refractivity contribution in [3.8, 4) is 11.5 Å². The number of hydrogen-bond acceptors (Lipinski definition) is 9. The summed E-state index contributed by atoms with van der Waals surface area (Å²) in [6.45, 7) is 11.3. The largest absolute Gasteiger partial charge is 0.490 e. The van der Waals surface area contributed by atoms with Crippen LogP contribution in [0.1, 0.15) is 62.1 Å². The maximum Gasteiger partial charge on any atom is 0.250 e. The van der Waals surface area contributed by atoms with E-state index in [1.165, 1.54) is 36.8 Å². The molecule has 3 heterocycles. The van der Waals surface area contributed by atoms with Crippen molar-refractivity contribution in [1.82, 2.24) is 15.0 Å². The number of aryl methyl sites for hydroxylation is 1. The fourth-order valence-electron chi connectivity index (χ4n) is 4.92. The van der Waals surface area contributed by atoms with Crippen LogP contribution in [-0.4, -0.2) is 60.6 Å². The summed E-state index contributed by atoms with van der Waals surface area (Å²) >= 11 is 0. The molecule has 206 valence electrons. The van der Waals surface area contributed by atoms with Crippen LogP contribution in [0.3, 0.4) is 0 Å². The molecule has 0 spiro atoms. The maximum atomic E-state index is 6.05. The standard InChI is InChI=1S/C30H39N7O2/c1-22(2)26-12-11-23(3)19-27(26)39-18-17-38-25-10-8-9-24(20-25)21-31-35-28-32-29(36-13-4-5-14-36)34-30(33-28)37-15-6-7-16-37/h8-12,19-22H,4-7,13-18H2,1-3H3,(H,32,33,34,35)/b31-21-. The van der Waals surface area contributed by atoms with Crippen molar-refractivity contribution in [1.29, 1.82) is 0 Å². The molecule has 9 nitrogen and oxygen atoms in total. The Morgan fingerprint density at radius 1 is 0.872 bits per heavy atom. The molecule has 3 aromatic rings. The zero-order valence-corrected chi connectivity index (χ0v) is 23.3. The second-order valence-electron chi connectivity index (χ2n) is 10.5. The molecule has 0 bridgehead atoms. The van der Waals surface area contributed by atoms with Gasteiger partial charge in [0.25, 0.3) is 0 Å². The van der Waals surface area contributed by atoms with Gasteiger partial charge in [-0.25, -0.2) is 5.43 Å². The highest BCUT2D eigenvalue weighted by Crippen LogP contribution is 2.27. The van der Waals surface area contributed by atoms with Crippen LogP contribution in [0.25, 0.3) is 0 Å². The minimum absolute atomic E-state index is 0.405. The summed E-state index contributed by atoms with van der Waals surface area (Å²) in [6, 6.07) is 14.2. The molecule has 2 aliphatic rings. The predicted octanol–water partition coefficient (Wildman–Crippen LogP) is 5.41. The van der Waals surface area contributed by atoms with Crippen LogP contribution in [0.15, 0.2) is 47.6 Å². The molecule has 0 atom stereocenters. The van der Waals surface area contributed by atoms with E-state index >= 15 is 0 Å². The molecule has 9 heteroatoms. The first-order valence-electron chi connectivity index (χ1n) is 14.1. The summed E-state index contributed by atoms with van der Waals surface area (Å²) in [6.07, 6.45) is 6.42. The van der Waals surface area contributed by atoms with E-state index < -0.39 is 0 Å². The van der Waals surface area contributed by atoms with Crippen molar-refractivity contribution in [2.24, 2.45) is 5.10 Å². The van der Waals surface area contributed by atoms with Gasteiger partial charge in [0.1, 0.15) is 24.7 Å². The van der Waals surface area contributed by atoms with Gasteiger partial charge in [0.15, 0.2) is 0 Å². The van der Waals surface area contributed by atoms with E-state index in [4.69, 9.17) is 14.5 Å². The summed E-state index contributed by atoms with van der Waals surface area (Å²) in [5.74, 6) is 4.02. The summed E-state index contributed by atoms with van der Waals surface area (Å²) < 4.78 is 12.0. The molecule has 39 heavy (non-hydrogen) atoms. The first kappa shape index (κ1) is 26.7. The van der Waals surface area contributed by atoms with Crippen molar-refractivity contribution >= 4 is 24.1 Å². The van der Waals surface area contributed by atoms with Crippen LogP contribution < -0.4 is 24.7 Å². The number of hydrazone groups is 1. The number of ether oxygens (including phenoxy) is 2. The van der Waals surface area contributed by atoms with Gasteiger partial charge in [-0.3, -0.25) is 0 Å². The van der Waals surface area contributed by atoms with Gasteiger partial charge in [0.05, 0.1) is 6.21 Å². The number of rotatable bonds is 11. The van der Waals surface area contributed by atoms with Gasteiger partial charge in [-0.05, 0) is 73.4 Å². The Balaban J connectivity index is 1.18. The van der Waals surface area contributed by atoms with E-state index in [0.717, 1.165) is 55.1 Å². The number of nitrogens with one attached hydrogen (secondary N) is 1. The molecule has 2 fully saturated rings. The Kier molecular flexibility index (Phi) is 8.75. The van der Waals surface area contributed by atoms with Crippen LogP contribution in [0.4, 0.5) is 17.8 Å². The minimum Gasteiger partial charge on any atom is -0.490 e. The molecule has 2 aromatic carbocycles. The molecule has 5 rings (SSSR count). The van der Waals surface area contributed by atoms with E-state index in [1.54, 1.807) is 6.21 Å². The topological polar surface area (TPSA) is 88.0 Å². The Bertz CT molecular complexity index is 1230. The average molecular weight is 530 g/mol. The number of benzene rings is 2. The lowest BCUT2D eigenvalue weighted by Crippen LogP contribution is -2.25. The summed E-state index contributed by atoms with van der Waals surface area (Å²) in [7, 11) is 0. The minimum atomic E-state index is 0.405. The molecule has 0 radical (unpaired) electrons. The molecule has 0 aliphatic carbocycles. The van der Waals surface area contributed by atoms with Crippen molar-refractivity contribution in [2.75, 3.05) is 54.6 Å². The first-order chi connectivity index (χ1) is 19.0. The molecule has 0 saturated carbocycles. The van der Waals surface area contributed by atoms with Crippen LogP contribution >= 0.6 is 0 Å². The molecular formula is C30H39N7O2. The van der Waals surface area contributed by atoms with E-state index in [1.807, 2.05) is 24.3 Å². The number of nitrogens with zero attached hydrogens (tertiary/aromatic N) is 6. The normalized spacial score (nSPS) is 15.5. The molecule has 1 N–H and O–H groups in total. The smallest absolute Gasteiger partial charge is 0.250 e. The Morgan fingerprint density at radius 3 is 2.21 bits per heavy atom. The first-order valence-corrected chi connectivity index (χ1v) is 14.1. The van der Waals surface area contributed by atoms with Crippen molar-refractivity contribution < 1.29 is 9.47 Å². The van der Waals surface area contributed by atoms with E-state index in [0.29, 0.717) is 25.1 Å². The van der Waals surface area contributed by atoms with Crippen LogP contribution in [-0.2, 0) is 0 Å². The van der Waals surface area contributed by atoms with Gasteiger partial charge >= 0.3 is 0 Å². The number of aromatic nitrogens is 3. The Labute approximate surface area is 231 Å². The lowest BCUT2D eigenvalue weighted by Gasteiger charge is -2.20. The highest BCUT2D eigenvalue weighted by molar-refractivity contribution is 5.80. The summed E-state index contributed by atoms with van der Waals surface area (Å²) in [5, 5.41) is 4.41. The van der Waals surface area contributed by atoms with Crippen LogP contribution in [0.5, 0.6) is 11.5 Å². The van der Waals surface area contributed by atoms with Crippen molar-refractivity contribution in [3.05, 3.63) is 59.2 Å². The maximum absolute atomic E-state index is 6.05. The Morgan fingerprint density at radius 2 is 1.54 bits per heavy atom. The SMILES string of the molecule is Cc1ccc(C(C)C)c(OCCOc2cccc(/C=N\Nc3nc(N4CCCC4)nc(N4CCCC4)n3)c2)c1. The van der Waals surface area contributed by atoms with Gasteiger partial charge in [0.2, 0.25) is 17.8 Å². The van der Waals surface area contributed by atoms with Gasteiger partial charge in [-0.2, -0.15) is 20.1 Å². The third kappa shape index (κ3) is 7.16. The van der Waals surface area contributed by atoms with E-state index in [9.17, 15) is 0 Å². The van der Waals surface area contributed by atoms with Crippen molar-refractivity contribution in [2.45, 2.75) is 52.4 Å². The van der Waals surface area contributed by atoms with Gasteiger partial charge in [0, 0.05) is 26.2 Å². The lowest BCUT2D eigenvalue weighted by molar-refractivity contribution is 0.215. The second-order valence-corrected chi connectivity index (χ2v) is 10.5. The predicted molar refractivity (Wildman–Crippen MR) is 157 cm³/mol. The zero-order chi connectivity index (χ0) is 27.0. The molecule has 2 aliphatic heterocycles. The van der Waals surface area contributed by atoms with E-state index in [-0.39, 0.29) is 0 Å². The highest BCUT2D eigenvalue weighted by Gasteiger charge is 2.21. The zero-order valence-electron chi connectivity index (χ0n) is 23.3. The quantitative estimate of drug-likeness (QED) is 0.200. The molecule has 1 aromatic heterocycles. The fourth-order valence-corrected chi connectivity index (χ4v) is 4.92. The third-order valence-corrected chi connectivity index (χ3v) is 7.03. The van der Waals surface area contributed by atoms with E-state index in [2.05, 4.69) is 69.3 Å². The molecule has 0 unspecified atom stereocenters.